The summed E-state index contributed by atoms with van der Waals surface area (Å²) in [5.41, 5.74) is 1.91. The van der Waals surface area contributed by atoms with Crippen LogP contribution in [0, 0.1) is 5.82 Å². The molecule has 0 spiro atoms. The molecule has 3 N–H and O–H groups in total. The van der Waals surface area contributed by atoms with Crippen LogP contribution < -0.4 is 16.3 Å². The summed E-state index contributed by atoms with van der Waals surface area (Å²) in [7, 11) is 0. The number of H-pyrrole nitrogens is 1. The minimum Gasteiger partial charge on any atom is -0.340 e. The summed E-state index contributed by atoms with van der Waals surface area (Å²) in [6, 6.07) is 6.05. The zero-order chi connectivity index (χ0) is 12.5. The van der Waals surface area contributed by atoms with E-state index in [9.17, 15) is 9.18 Å². The lowest BCUT2D eigenvalue weighted by molar-refractivity contribution is 0.628. The van der Waals surface area contributed by atoms with E-state index in [1.165, 1.54) is 12.1 Å². The molecule has 92 valence electrons. The van der Waals surface area contributed by atoms with Crippen molar-refractivity contribution < 1.29 is 4.39 Å². The van der Waals surface area contributed by atoms with Gasteiger partial charge in [0.1, 0.15) is 11.6 Å². The first-order valence-electron chi connectivity index (χ1n) is 5.58. The molecule has 0 saturated carbocycles. The van der Waals surface area contributed by atoms with Crippen molar-refractivity contribution in [2.75, 3.05) is 5.32 Å². The minimum absolute atomic E-state index is 0.334. The van der Waals surface area contributed by atoms with E-state index in [-0.39, 0.29) is 5.82 Å². The summed E-state index contributed by atoms with van der Waals surface area (Å²) in [6.45, 7) is 1.25. The van der Waals surface area contributed by atoms with E-state index in [4.69, 9.17) is 0 Å². The van der Waals surface area contributed by atoms with Gasteiger partial charge in [0.2, 0.25) is 0 Å². The largest absolute Gasteiger partial charge is 0.347 e. The second-order valence-corrected chi connectivity index (χ2v) is 4.09. The number of nitrogens with one attached hydrogen (secondary N) is 3. The van der Waals surface area contributed by atoms with Crippen LogP contribution in [0.15, 0.2) is 29.1 Å². The monoisotopic (exact) mass is 246 g/mol. The third-order valence-corrected chi connectivity index (χ3v) is 2.81. The summed E-state index contributed by atoms with van der Waals surface area (Å²) < 4.78 is 13.1. The Bertz CT molecular complexity index is 653. The van der Waals surface area contributed by atoms with Gasteiger partial charge in [0.25, 0.3) is 0 Å². The Morgan fingerprint density at radius 1 is 1.33 bits per heavy atom. The average Bonchev–Trinajstić information content (AvgIpc) is 2.77. The average molecular weight is 246 g/mol. The molecule has 0 amide bonds. The SMILES string of the molecule is O=c1nc(Nc2cccc(F)c2)c2c([nH]1)CNC2. The van der Waals surface area contributed by atoms with Crippen molar-refractivity contribution in [1.82, 2.24) is 15.3 Å². The fourth-order valence-electron chi connectivity index (χ4n) is 2.00. The third-order valence-electron chi connectivity index (χ3n) is 2.81. The summed E-state index contributed by atoms with van der Waals surface area (Å²) in [5, 5.41) is 6.10. The molecule has 3 rings (SSSR count). The minimum atomic E-state index is -0.406. The van der Waals surface area contributed by atoms with Crippen molar-refractivity contribution in [3.8, 4) is 0 Å². The number of hydrogen-bond donors (Lipinski definition) is 3. The van der Waals surface area contributed by atoms with Crippen LogP contribution >= 0.6 is 0 Å². The zero-order valence-corrected chi connectivity index (χ0v) is 9.46. The molecule has 5 nitrogen and oxygen atoms in total. The number of aromatic nitrogens is 2. The van der Waals surface area contributed by atoms with Gasteiger partial charge in [-0.1, -0.05) is 6.07 Å². The lowest BCUT2D eigenvalue weighted by atomic mass is 10.2. The van der Waals surface area contributed by atoms with Crippen LogP contribution in [0.25, 0.3) is 0 Å². The van der Waals surface area contributed by atoms with E-state index in [1.807, 2.05) is 0 Å². The number of anilines is 2. The number of hydrogen-bond acceptors (Lipinski definition) is 4. The van der Waals surface area contributed by atoms with E-state index in [2.05, 4.69) is 20.6 Å². The summed E-state index contributed by atoms with van der Waals surface area (Å²) in [5.74, 6) is 0.143. The zero-order valence-electron chi connectivity index (χ0n) is 9.46. The molecular weight excluding hydrogens is 235 g/mol. The topological polar surface area (TPSA) is 69.8 Å². The van der Waals surface area contributed by atoms with Crippen LogP contribution in [0.3, 0.4) is 0 Å². The molecule has 1 aromatic carbocycles. The Kier molecular flexibility index (Phi) is 2.56. The maximum atomic E-state index is 13.1. The third kappa shape index (κ3) is 1.98. The first kappa shape index (κ1) is 10.9. The molecule has 0 radical (unpaired) electrons. The fraction of sp³-hybridized carbons (Fsp3) is 0.167. The van der Waals surface area contributed by atoms with E-state index in [0.29, 0.717) is 24.6 Å². The Morgan fingerprint density at radius 2 is 2.22 bits per heavy atom. The number of aromatic amines is 1. The smallest absolute Gasteiger partial charge is 0.340 e. The van der Waals surface area contributed by atoms with Crippen molar-refractivity contribution in [2.45, 2.75) is 13.1 Å². The lowest BCUT2D eigenvalue weighted by Crippen LogP contribution is -2.16. The summed E-state index contributed by atoms with van der Waals surface area (Å²) >= 11 is 0. The molecule has 0 atom stereocenters. The fourth-order valence-corrected chi connectivity index (χ4v) is 2.00. The molecule has 1 aromatic heterocycles. The van der Waals surface area contributed by atoms with Gasteiger partial charge >= 0.3 is 5.69 Å². The highest BCUT2D eigenvalue weighted by Crippen LogP contribution is 2.22. The van der Waals surface area contributed by atoms with Crippen LogP contribution in [-0.4, -0.2) is 9.97 Å². The lowest BCUT2D eigenvalue weighted by Gasteiger charge is -2.09. The predicted molar refractivity (Wildman–Crippen MR) is 65.1 cm³/mol. The Morgan fingerprint density at radius 3 is 3.06 bits per heavy atom. The Labute approximate surface area is 102 Å². The Hall–Kier alpha value is -2.21. The van der Waals surface area contributed by atoms with Gasteiger partial charge < -0.3 is 15.6 Å². The van der Waals surface area contributed by atoms with Crippen LogP contribution in [0.1, 0.15) is 11.3 Å². The molecule has 0 bridgehead atoms. The maximum Gasteiger partial charge on any atom is 0.347 e. The Balaban J connectivity index is 2.00. The molecule has 1 aliphatic heterocycles. The van der Waals surface area contributed by atoms with Crippen LogP contribution in [-0.2, 0) is 13.1 Å². The maximum absolute atomic E-state index is 13.1. The van der Waals surface area contributed by atoms with Gasteiger partial charge in [0, 0.05) is 30.0 Å². The van der Waals surface area contributed by atoms with E-state index < -0.39 is 5.69 Å². The van der Waals surface area contributed by atoms with Gasteiger partial charge in [-0.2, -0.15) is 4.98 Å². The number of benzene rings is 1. The van der Waals surface area contributed by atoms with Crippen LogP contribution in [0.2, 0.25) is 0 Å². The molecule has 1 aliphatic rings. The normalized spacial score (nSPS) is 13.4. The van der Waals surface area contributed by atoms with Crippen LogP contribution in [0.4, 0.5) is 15.9 Å². The highest BCUT2D eigenvalue weighted by Gasteiger charge is 2.17. The second kappa shape index (κ2) is 4.23. The van der Waals surface area contributed by atoms with Gasteiger partial charge in [0.05, 0.1) is 0 Å². The molecule has 18 heavy (non-hydrogen) atoms. The highest BCUT2D eigenvalue weighted by molar-refractivity contribution is 5.60. The number of rotatable bonds is 2. The van der Waals surface area contributed by atoms with Crippen LogP contribution in [0.5, 0.6) is 0 Å². The molecule has 2 aromatic rings. The second-order valence-electron chi connectivity index (χ2n) is 4.09. The number of nitrogens with zero attached hydrogens (tertiary/aromatic N) is 1. The van der Waals surface area contributed by atoms with Gasteiger partial charge in [-0.25, -0.2) is 9.18 Å². The van der Waals surface area contributed by atoms with Crippen molar-refractivity contribution >= 4 is 11.5 Å². The number of fused-ring (bicyclic) bond motifs is 1. The number of halogens is 1. The summed E-state index contributed by atoms with van der Waals surface area (Å²) in [4.78, 5) is 18.0. The summed E-state index contributed by atoms with van der Waals surface area (Å²) in [6.07, 6.45) is 0. The molecule has 2 heterocycles. The first-order valence-corrected chi connectivity index (χ1v) is 5.58. The van der Waals surface area contributed by atoms with Crippen molar-refractivity contribution in [1.29, 1.82) is 0 Å². The molecule has 0 fully saturated rings. The van der Waals surface area contributed by atoms with Gasteiger partial charge in [-0.15, -0.1) is 0 Å². The standard InChI is InChI=1S/C12H11FN4O/c13-7-2-1-3-8(4-7)15-11-9-5-14-6-10(9)16-12(18)17-11/h1-4,14H,5-6H2,(H2,15,16,17,18). The highest BCUT2D eigenvalue weighted by atomic mass is 19.1. The van der Waals surface area contributed by atoms with E-state index >= 15 is 0 Å². The molecule has 0 unspecified atom stereocenters. The van der Waals surface area contributed by atoms with E-state index in [1.54, 1.807) is 12.1 Å². The molecule has 0 aliphatic carbocycles. The van der Waals surface area contributed by atoms with Gasteiger partial charge in [-0.3, -0.25) is 0 Å². The van der Waals surface area contributed by atoms with E-state index in [0.717, 1.165) is 11.3 Å². The molecule has 0 saturated heterocycles. The van der Waals surface area contributed by atoms with Gasteiger partial charge in [-0.05, 0) is 18.2 Å². The van der Waals surface area contributed by atoms with Crippen molar-refractivity contribution in [3.63, 3.8) is 0 Å². The first-order chi connectivity index (χ1) is 8.72. The molecular formula is C12H11FN4O. The van der Waals surface area contributed by atoms with Gasteiger partial charge in [0.15, 0.2) is 0 Å². The van der Waals surface area contributed by atoms with Crippen molar-refractivity contribution in [3.05, 3.63) is 51.8 Å². The quantitative estimate of drug-likeness (QED) is 0.746. The predicted octanol–water partition coefficient (Wildman–Crippen LogP) is 1.26. The molecule has 6 heteroatoms. The van der Waals surface area contributed by atoms with Crippen molar-refractivity contribution in [2.24, 2.45) is 0 Å².